The van der Waals surface area contributed by atoms with Gasteiger partial charge in [0.05, 0.1) is 0 Å². The van der Waals surface area contributed by atoms with Crippen molar-refractivity contribution in [3.8, 4) is 0 Å². The molecule has 0 aromatic heterocycles. The third kappa shape index (κ3) is 5.40. The van der Waals surface area contributed by atoms with E-state index < -0.39 is 28.7 Å². The first-order valence-corrected chi connectivity index (χ1v) is 11.1. The van der Waals surface area contributed by atoms with Crippen molar-refractivity contribution < 1.29 is 28.5 Å². The summed E-state index contributed by atoms with van der Waals surface area (Å²) in [6, 6.07) is 11.3. The molecule has 3 amide bonds. The number of carbonyl (C=O) groups excluding carboxylic acids is 3. The molecule has 32 heavy (non-hydrogen) atoms. The zero-order valence-electron chi connectivity index (χ0n) is 16.8. The highest BCUT2D eigenvalue weighted by molar-refractivity contribution is 7.86. The van der Waals surface area contributed by atoms with Crippen LogP contribution in [0.25, 0.3) is 0 Å². The largest absolute Gasteiger partial charge is 0.350 e. The number of nitrogens with zero attached hydrogens (tertiary/aromatic N) is 2. The number of carbonyl (C=O) groups is 3. The van der Waals surface area contributed by atoms with Crippen LogP contribution in [0.1, 0.15) is 15.9 Å². The number of imide groups is 1. The first-order valence-electron chi connectivity index (χ1n) is 9.39. The van der Waals surface area contributed by atoms with Crippen molar-refractivity contribution in [3.05, 3.63) is 65.7 Å². The number of amides is 3. The number of hydrogen-bond acceptors (Lipinski definition) is 5. The molecule has 0 spiro atoms. The van der Waals surface area contributed by atoms with E-state index in [9.17, 15) is 23.8 Å². The minimum atomic E-state index is -1.76. The SMILES string of the molecule is C=[N+](O)c1cc(C(=O)NCCN2C(=O)C=CC2=O)ccc1S(=O)Nc1ccc(CCl)cc1. The molecule has 1 heterocycles. The van der Waals surface area contributed by atoms with Crippen LogP contribution in [0.3, 0.4) is 0 Å². The van der Waals surface area contributed by atoms with Gasteiger partial charge in [-0.3, -0.25) is 24.5 Å². The topological polar surface area (TPSA) is 119 Å². The van der Waals surface area contributed by atoms with Gasteiger partial charge in [0.1, 0.15) is 4.90 Å². The maximum absolute atomic E-state index is 12.8. The summed E-state index contributed by atoms with van der Waals surface area (Å²) in [6.45, 7) is 3.48. The second-order valence-electron chi connectivity index (χ2n) is 6.70. The summed E-state index contributed by atoms with van der Waals surface area (Å²) in [5.74, 6) is -1.01. The van der Waals surface area contributed by atoms with Crippen LogP contribution in [-0.4, -0.2) is 56.6 Å². The molecule has 1 atom stereocenters. The Labute approximate surface area is 191 Å². The van der Waals surface area contributed by atoms with Gasteiger partial charge in [-0.05, 0) is 29.8 Å². The van der Waals surface area contributed by atoms with E-state index in [1.807, 2.05) is 0 Å². The summed E-state index contributed by atoms with van der Waals surface area (Å²) >= 11 is 5.77. The van der Waals surface area contributed by atoms with Crippen molar-refractivity contribution in [1.82, 2.24) is 10.2 Å². The van der Waals surface area contributed by atoms with Gasteiger partial charge in [0.2, 0.25) is 0 Å². The molecule has 3 rings (SSSR count). The van der Waals surface area contributed by atoms with E-state index >= 15 is 0 Å². The van der Waals surface area contributed by atoms with Crippen molar-refractivity contribution in [3.63, 3.8) is 0 Å². The third-order valence-corrected chi connectivity index (χ3v) is 6.01. The molecular formula is C21H20ClN4O5S+. The first kappa shape index (κ1) is 23.2. The van der Waals surface area contributed by atoms with Gasteiger partial charge in [0.25, 0.3) is 23.4 Å². The summed E-state index contributed by atoms with van der Waals surface area (Å²) in [7, 11) is -1.76. The molecule has 0 aliphatic carbocycles. The number of anilines is 1. The zero-order valence-corrected chi connectivity index (χ0v) is 18.4. The number of alkyl halides is 1. The highest BCUT2D eigenvalue weighted by Gasteiger charge is 2.24. The summed E-state index contributed by atoms with van der Waals surface area (Å²) in [4.78, 5) is 36.7. The molecule has 0 radical (unpaired) electrons. The standard InChI is InChI=1S/C21H19ClN4O5S/c1-25(30)17-12-15(21(29)23-10-11-26-19(27)8-9-20(26)28)4-7-18(17)32(31)24-16-5-2-14(13-22)3-6-16/h2-9,12,24H,1,10-11,13H2,(H-,23,29,30)/p+1. The molecule has 0 bridgehead atoms. The van der Waals surface area contributed by atoms with Crippen LogP contribution >= 0.6 is 11.6 Å². The molecule has 0 fully saturated rings. The smallest absolute Gasteiger partial charge is 0.275 e. The lowest BCUT2D eigenvalue weighted by atomic mass is 10.2. The summed E-state index contributed by atoms with van der Waals surface area (Å²) < 4.78 is 16.1. The van der Waals surface area contributed by atoms with E-state index in [1.165, 1.54) is 30.4 Å². The highest BCUT2D eigenvalue weighted by Crippen LogP contribution is 2.24. The van der Waals surface area contributed by atoms with Crippen LogP contribution in [0.4, 0.5) is 11.4 Å². The second kappa shape index (κ2) is 10.2. The minimum Gasteiger partial charge on any atom is -0.350 e. The average Bonchev–Trinajstić information content (AvgIpc) is 3.11. The van der Waals surface area contributed by atoms with Crippen molar-refractivity contribution in [1.29, 1.82) is 0 Å². The maximum Gasteiger partial charge on any atom is 0.275 e. The minimum absolute atomic E-state index is 0.0270. The third-order valence-electron chi connectivity index (χ3n) is 4.54. The Bertz CT molecular complexity index is 1120. The van der Waals surface area contributed by atoms with Crippen LogP contribution in [-0.2, 0) is 26.5 Å². The van der Waals surface area contributed by atoms with Gasteiger partial charge in [-0.15, -0.1) is 11.6 Å². The molecule has 1 unspecified atom stereocenters. The number of benzene rings is 2. The quantitative estimate of drug-likeness (QED) is 0.128. The molecule has 2 aromatic rings. The second-order valence-corrected chi connectivity index (χ2v) is 8.15. The van der Waals surface area contributed by atoms with E-state index in [-0.39, 0.29) is 29.2 Å². The Morgan fingerprint density at radius 3 is 2.38 bits per heavy atom. The summed E-state index contributed by atoms with van der Waals surface area (Å²) in [5.41, 5.74) is 1.73. The van der Waals surface area contributed by atoms with Crippen LogP contribution in [0, 0.1) is 0 Å². The Hall–Kier alpha value is -3.50. The van der Waals surface area contributed by atoms with Crippen molar-refractivity contribution in [2.24, 2.45) is 0 Å². The summed E-state index contributed by atoms with van der Waals surface area (Å²) in [6.07, 6.45) is 2.33. The van der Waals surface area contributed by atoms with E-state index in [0.717, 1.165) is 10.5 Å². The van der Waals surface area contributed by atoms with Crippen LogP contribution in [0.15, 0.2) is 59.5 Å². The van der Waals surface area contributed by atoms with E-state index in [2.05, 4.69) is 16.8 Å². The molecule has 1 aliphatic heterocycles. The Kier molecular flexibility index (Phi) is 7.39. The van der Waals surface area contributed by atoms with E-state index in [1.54, 1.807) is 24.3 Å². The van der Waals surface area contributed by atoms with Gasteiger partial charge >= 0.3 is 0 Å². The molecule has 0 saturated heterocycles. The Morgan fingerprint density at radius 2 is 1.78 bits per heavy atom. The first-order chi connectivity index (χ1) is 15.3. The summed E-state index contributed by atoms with van der Waals surface area (Å²) in [5, 5.41) is 12.5. The van der Waals surface area contributed by atoms with Crippen LogP contribution in [0.5, 0.6) is 0 Å². The van der Waals surface area contributed by atoms with Gasteiger partial charge in [-0.25, -0.2) is 4.21 Å². The number of nitrogens with one attached hydrogen (secondary N) is 2. The molecule has 3 N–H and O–H groups in total. The molecule has 166 valence electrons. The Balaban J connectivity index is 1.68. The van der Waals surface area contributed by atoms with Crippen molar-refractivity contribution in [2.75, 3.05) is 17.8 Å². The number of halogens is 1. The number of rotatable bonds is 9. The molecular weight excluding hydrogens is 456 g/mol. The normalized spacial score (nSPS) is 13.8. The maximum atomic E-state index is 12.8. The van der Waals surface area contributed by atoms with Crippen LogP contribution in [0.2, 0.25) is 0 Å². The molecule has 0 saturated carbocycles. The predicted octanol–water partition coefficient (Wildman–Crippen LogP) is 1.95. The zero-order chi connectivity index (χ0) is 23.3. The van der Waals surface area contributed by atoms with Gasteiger partial charge in [0, 0.05) is 53.2 Å². The molecule has 9 nitrogen and oxygen atoms in total. The van der Waals surface area contributed by atoms with Gasteiger partial charge in [-0.2, -0.15) is 0 Å². The lowest BCUT2D eigenvalue weighted by Crippen LogP contribution is -2.38. The monoisotopic (exact) mass is 475 g/mol. The molecule has 1 aliphatic rings. The molecule has 11 heteroatoms. The fourth-order valence-electron chi connectivity index (χ4n) is 2.88. The lowest BCUT2D eigenvalue weighted by molar-refractivity contribution is -0.708. The fourth-order valence-corrected chi connectivity index (χ4v) is 4.06. The highest BCUT2D eigenvalue weighted by atomic mass is 35.5. The van der Waals surface area contributed by atoms with Crippen LogP contribution < -0.4 is 10.0 Å². The Morgan fingerprint density at radius 1 is 1.12 bits per heavy atom. The fraction of sp³-hybridized carbons (Fsp3) is 0.143. The van der Waals surface area contributed by atoms with Gasteiger partial charge in [0.15, 0.2) is 17.7 Å². The predicted molar refractivity (Wildman–Crippen MR) is 119 cm³/mol. The van der Waals surface area contributed by atoms with E-state index in [4.69, 9.17) is 11.6 Å². The van der Waals surface area contributed by atoms with Gasteiger partial charge < -0.3 is 10.0 Å². The molecule has 2 aromatic carbocycles. The van der Waals surface area contributed by atoms with Crippen molar-refractivity contribution >= 4 is 58.4 Å². The van der Waals surface area contributed by atoms with Gasteiger partial charge in [-0.1, -0.05) is 12.1 Å². The van der Waals surface area contributed by atoms with E-state index in [0.29, 0.717) is 16.3 Å². The average molecular weight is 476 g/mol. The number of hydrogen-bond donors (Lipinski definition) is 3. The lowest BCUT2D eigenvalue weighted by Gasteiger charge is -2.14. The van der Waals surface area contributed by atoms with Crippen molar-refractivity contribution in [2.45, 2.75) is 10.8 Å².